The van der Waals surface area contributed by atoms with Gasteiger partial charge in [0.15, 0.2) is 0 Å². The first-order valence-corrected chi connectivity index (χ1v) is 10.6. The van der Waals surface area contributed by atoms with Gasteiger partial charge in [0.1, 0.15) is 5.82 Å². The van der Waals surface area contributed by atoms with Crippen molar-refractivity contribution in [3.05, 3.63) is 89.2 Å². The SMILES string of the molecule is CC(C)(O)c1ccccc1-c1ccc2[nH]c([C@H]3C[C@@H]3c3ccc(C(F)(F)F)cc3)nc2c1. The third-order valence-electron chi connectivity index (χ3n) is 6.21. The predicted molar refractivity (Wildman–Crippen MR) is 118 cm³/mol. The minimum absolute atomic E-state index is 0.172. The van der Waals surface area contributed by atoms with Gasteiger partial charge in [-0.1, -0.05) is 42.5 Å². The summed E-state index contributed by atoms with van der Waals surface area (Å²) < 4.78 is 38.4. The number of nitrogens with one attached hydrogen (secondary N) is 1. The number of H-pyrrole nitrogens is 1. The second-order valence-corrected chi connectivity index (χ2v) is 9.03. The quantitative estimate of drug-likeness (QED) is 0.372. The molecule has 1 heterocycles. The van der Waals surface area contributed by atoms with Crippen molar-refractivity contribution in [2.24, 2.45) is 0 Å². The fourth-order valence-corrected chi connectivity index (χ4v) is 4.42. The summed E-state index contributed by atoms with van der Waals surface area (Å²) in [5, 5.41) is 10.5. The van der Waals surface area contributed by atoms with Gasteiger partial charge in [0.2, 0.25) is 0 Å². The first-order chi connectivity index (χ1) is 15.1. The molecule has 3 aromatic carbocycles. The van der Waals surface area contributed by atoms with Crippen LogP contribution in [-0.2, 0) is 11.8 Å². The van der Waals surface area contributed by atoms with Crippen molar-refractivity contribution in [3.63, 3.8) is 0 Å². The van der Waals surface area contributed by atoms with Gasteiger partial charge in [-0.15, -0.1) is 0 Å². The number of benzene rings is 3. The molecule has 5 rings (SSSR count). The fourth-order valence-electron chi connectivity index (χ4n) is 4.42. The summed E-state index contributed by atoms with van der Waals surface area (Å²) in [6.07, 6.45) is -3.46. The van der Waals surface area contributed by atoms with Crippen LogP contribution in [0.15, 0.2) is 66.7 Å². The van der Waals surface area contributed by atoms with Crippen molar-refractivity contribution in [1.29, 1.82) is 0 Å². The van der Waals surface area contributed by atoms with Crippen molar-refractivity contribution in [3.8, 4) is 11.1 Å². The van der Waals surface area contributed by atoms with E-state index in [0.29, 0.717) is 0 Å². The van der Waals surface area contributed by atoms with Crippen LogP contribution < -0.4 is 0 Å². The summed E-state index contributed by atoms with van der Waals surface area (Å²) in [6, 6.07) is 19.2. The Labute approximate surface area is 183 Å². The number of alkyl halides is 3. The number of imidazole rings is 1. The lowest BCUT2D eigenvalue weighted by Gasteiger charge is -2.21. The van der Waals surface area contributed by atoms with Crippen LogP contribution in [-0.4, -0.2) is 15.1 Å². The van der Waals surface area contributed by atoms with Gasteiger partial charge in [-0.05, 0) is 72.7 Å². The van der Waals surface area contributed by atoms with E-state index in [1.165, 1.54) is 0 Å². The maximum Gasteiger partial charge on any atom is 0.416 e. The lowest BCUT2D eigenvalue weighted by molar-refractivity contribution is -0.137. The molecule has 0 amide bonds. The van der Waals surface area contributed by atoms with Gasteiger partial charge in [-0.3, -0.25) is 0 Å². The number of fused-ring (bicyclic) bond motifs is 1. The van der Waals surface area contributed by atoms with Gasteiger partial charge < -0.3 is 10.1 Å². The molecule has 4 aromatic rings. The van der Waals surface area contributed by atoms with Crippen LogP contribution in [0.4, 0.5) is 13.2 Å². The molecule has 0 bridgehead atoms. The molecule has 32 heavy (non-hydrogen) atoms. The monoisotopic (exact) mass is 436 g/mol. The molecule has 164 valence electrons. The van der Waals surface area contributed by atoms with E-state index in [9.17, 15) is 18.3 Å². The molecule has 3 nitrogen and oxygen atoms in total. The summed E-state index contributed by atoms with van der Waals surface area (Å²) in [5.41, 5.74) is 3.85. The fraction of sp³-hybridized carbons (Fsp3) is 0.269. The van der Waals surface area contributed by atoms with Crippen LogP contribution in [0.5, 0.6) is 0 Å². The van der Waals surface area contributed by atoms with Gasteiger partial charge in [-0.25, -0.2) is 4.98 Å². The van der Waals surface area contributed by atoms with Crippen molar-refractivity contribution >= 4 is 11.0 Å². The molecule has 1 aliphatic carbocycles. The first kappa shape index (κ1) is 20.8. The Morgan fingerprint density at radius 3 is 2.34 bits per heavy atom. The maximum atomic E-state index is 12.8. The molecular formula is C26H23F3N2O. The van der Waals surface area contributed by atoms with Crippen LogP contribution in [0.25, 0.3) is 22.2 Å². The number of nitrogens with zero attached hydrogens (tertiary/aromatic N) is 1. The zero-order valence-electron chi connectivity index (χ0n) is 17.7. The molecule has 0 saturated heterocycles. The zero-order chi connectivity index (χ0) is 22.7. The van der Waals surface area contributed by atoms with E-state index in [0.717, 1.165) is 57.7 Å². The van der Waals surface area contributed by atoms with Crippen LogP contribution in [0.1, 0.15) is 54.6 Å². The van der Waals surface area contributed by atoms with Crippen LogP contribution in [0, 0.1) is 0 Å². The van der Waals surface area contributed by atoms with Gasteiger partial charge in [-0.2, -0.15) is 13.2 Å². The van der Waals surface area contributed by atoms with Gasteiger partial charge in [0, 0.05) is 5.92 Å². The van der Waals surface area contributed by atoms with E-state index < -0.39 is 17.3 Å². The van der Waals surface area contributed by atoms with Gasteiger partial charge in [0.05, 0.1) is 22.2 Å². The molecule has 1 saturated carbocycles. The molecule has 1 aliphatic rings. The molecule has 6 heteroatoms. The highest BCUT2D eigenvalue weighted by Gasteiger charge is 2.42. The summed E-state index contributed by atoms with van der Waals surface area (Å²) in [5.74, 6) is 1.21. The minimum Gasteiger partial charge on any atom is -0.386 e. The predicted octanol–water partition coefficient (Wildman–Crippen LogP) is 6.75. The maximum absolute atomic E-state index is 12.8. The lowest BCUT2D eigenvalue weighted by atomic mass is 9.89. The van der Waals surface area contributed by atoms with Gasteiger partial charge in [0.25, 0.3) is 0 Å². The highest BCUT2D eigenvalue weighted by molar-refractivity contribution is 5.83. The summed E-state index contributed by atoms with van der Waals surface area (Å²) in [7, 11) is 0. The molecule has 2 atom stereocenters. The summed E-state index contributed by atoms with van der Waals surface area (Å²) in [6.45, 7) is 3.54. The average Bonchev–Trinajstić information content (AvgIpc) is 3.44. The van der Waals surface area contributed by atoms with Crippen molar-refractivity contribution < 1.29 is 18.3 Å². The number of aromatic nitrogens is 2. The topological polar surface area (TPSA) is 48.9 Å². The standard InChI is InChI=1S/C26H23F3N2O/c1-25(2,32)21-6-4-3-5-18(21)16-9-12-22-23(13-16)31-24(30-22)20-14-19(20)15-7-10-17(11-8-15)26(27,28)29/h3-13,19-20,32H,14H2,1-2H3,(H,30,31)/t19-,20+/m1/s1. The normalized spacial score (nSPS) is 18.8. The Hall–Kier alpha value is -3.12. The Kier molecular flexibility index (Phi) is 4.67. The van der Waals surface area contributed by atoms with E-state index in [2.05, 4.69) is 4.98 Å². The molecular weight excluding hydrogens is 413 g/mol. The number of hydrogen-bond donors (Lipinski definition) is 2. The largest absolute Gasteiger partial charge is 0.416 e. The van der Waals surface area contributed by atoms with E-state index >= 15 is 0 Å². The molecule has 1 aromatic heterocycles. The third kappa shape index (κ3) is 3.79. The Balaban J connectivity index is 1.42. The second-order valence-electron chi connectivity index (χ2n) is 9.03. The Morgan fingerprint density at radius 1 is 0.938 bits per heavy atom. The minimum atomic E-state index is -4.32. The van der Waals surface area contributed by atoms with Crippen LogP contribution in [0.2, 0.25) is 0 Å². The zero-order valence-corrected chi connectivity index (χ0v) is 17.7. The highest BCUT2D eigenvalue weighted by Crippen LogP contribution is 2.54. The molecule has 0 aliphatic heterocycles. The molecule has 0 radical (unpaired) electrons. The lowest BCUT2D eigenvalue weighted by Crippen LogP contribution is -2.16. The molecule has 2 N–H and O–H groups in total. The highest BCUT2D eigenvalue weighted by atomic mass is 19.4. The molecule has 1 fully saturated rings. The van der Waals surface area contributed by atoms with Crippen molar-refractivity contribution in [2.75, 3.05) is 0 Å². The van der Waals surface area contributed by atoms with E-state index in [1.54, 1.807) is 26.0 Å². The second kappa shape index (κ2) is 7.20. The Morgan fingerprint density at radius 2 is 1.66 bits per heavy atom. The number of aromatic amines is 1. The van der Waals surface area contributed by atoms with Crippen molar-refractivity contribution in [1.82, 2.24) is 9.97 Å². The molecule has 0 spiro atoms. The summed E-state index contributed by atoms with van der Waals surface area (Å²) in [4.78, 5) is 8.16. The van der Waals surface area contributed by atoms with E-state index in [1.807, 2.05) is 42.5 Å². The molecule has 0 unspecified atom stereocenters. The smallest absolute Gasteiger partial charge is 0.386 e. The van der Waals surface area contributed by atoms with E-state index in [-0.39, 0.29) is 11.8 Å². The summed E-state index contributed by atoms with van der Waals surface area (Å²) >= 11 is 0. The van der Waals surface area contributed by atoms with Gasteiger partial charge >= 0.3 is 6.18 Å². The number of rotatable bonds is 4. The van der Waals surface area contributed by atoms with E-state index in [4.69, 9.17) is 4.98 Å². The Bertz CT molecular complexity index is 1280. The number of halogens is 3. The van der Waals surface area contributed by atoms with Crippen molar-refractivity contribution in [2.45, 2.75) is 43.9 Å². The number of hydrogen-bond acceptors (Lipinski definition) is 2. The van der Waals surface area contributed by atoms with Crippen LogP contribution >= 0.6 is 0 Å². The van der Waals surface area contributed by atoms with Crippen LogP contribution in [0.3, 0.4) is 0 Å². The number of aliphatic hydroxyl groups is 1. The first-order valence-electron chi connectivity index (χ1n) is 10.6. The average molecular weight is 436 g/mol. The third-order valence-corrected chi connectivity index (χ3v) is 6.21.